The lowest BCUT2D eigenvalue weighted by Gasteiger charge is -2.11. The van der Waals surface area contributed by atoms with Crippen LogP contribution in [0.3, 0.4) is 0 Å². The summed E-state index contributed by atoms with van der Waals surface area (Å²) in [5.74, 6) is 0.213. The molecule has 0 saturated heterocycles. The number of carboxylic acid groups (broad SMARTS) is 1. The zero-order valence-corrected chi connectivity index (χ0v) is 8.68. The van der Waals surface area contributed by atoms with Gasteiger partial charge in [0.2, 0.25) is 0 Å². The van der Waals surface area contributed by atoms with Crippen LogP contribution >= 0.6 is 0 Å². The van der Waals surface area contributed by atoms with Crippen LogP contribution in [0.25, 0.3) is 0 Å². The highest BCUT2D eigenvalue weighted by molar-refractivity contribution is 5.71. The third-order valence-electron chi connectivity index (χ3n) is 3.34. The summed E-state index contributed by atoms with van der Waals surface area (Å²) < 4.78 is 0. The minimum Gasteiger partial charge on any atom is -0.481 e. The Labute approximate surface area is 87.9 Å². The zero-order chi connectivity index (χ0) is 10.8. The second kappa shape index (κ2) is 4.00. The first-order valence-corrected chi connectivity index (χ1v) is 5.30. The first kappa shape index (κ1) is 10.1. The SMILES string of the molecule is CCC1CC(C(=O)O)C(c2ncn[nH]2)C1. The van der Waals surface area contributed by atoms with Gasteiger partial charge < -0.3 is 5.11 Å². The molecule has 0 aromatic carbocycles. The minimum atomic E-state index is -0.715. The number of aromatic nitrogens is 3. The summed E-state index contributed by atoms with van der Waals surface area (Å²) in [5, 5.41) is 15.7. The molecule has 1 heterocycles. The van der Waals surface area contributed by atoms with Crippen molar-refractivity contribution < 1.29 is 9.90 Å². The van der Waals surface area contributed by atoms with Crippen LogP contribution in [0.1, 0.15) is 37.9 Å². The van der Waals surface area contributed by atoms with Gasteiger partial charge in [-0.2, -0.15) is 5.10 Å². The molecule has 2 rings (SSSR count). The van der Waals surface area contributed by atoms with E-state index in [-0.39, 0.29) is 11.8 Å². The van der Waals surface area contributed by atoms with Gasteiger partial charge in [-0.3, -0.25) is 9.89 Å². The fraction of sp³-hybridized carbons (Fsp3) is 0.700. The Bertz CT molecular complexity index is 336. The molecule has 1 saturated carbocycles. The van der Waals surface area contributed by atoms with Crippen molar-refractivity contribution in [2.24, 2.45) is 11.8 Å². The van der Waals surface area contributed by atoms with E-state index in [0.29, 0.717) is 5.92 Å². The van der Waals surface area contributed by atoms with Gasteiger partial charge in [-0.05, 0) is 18.8 Å². The number of nitrogens with zero attached hydrogens (tertiary/aromatic N) is 2. The van der Waals surface area contributed by atoms with Crippen molar-refractivity contribution in [3.63, 3.8) is 0 Å². The van der Waals surface area contributed by atoms with Crippen molar-refractivity contribution in [3.8, 4) is 0 Å². The molecule has 3 unspecified atom stereocenters. The van der Waals surface area contributed by atoms with Gasteiger partial charge in [0, 0.05) is 5.92 Å². The summed E-state index contributed by atoms with van der Waals surface area (Å²) in [6.45, 7) is 2.10. The number of rotatable bonds is 3. The predicted octanol–water partition coefficient (Wildman–Crippen LogP) is 1.41. The molecule has 5 heteroatoms. The van der Waals surface area contributed by atoms with Crippen molar-refractivity contribution in [1.82, 2.24) is 15.2 Å². The van der Waals surface area contributed by atoms with Gasteiger partial charge in [0.15, 0.2) is 0 Å². The molecule has 1 fully saturated rings. The van der Waals surface area contributed by atoms with E-state index in [1.165, 1.54) is 6.33 Å². The number of hydrogen-bond acceptors (Lipinski definition) is 3. The van der Waals surface area contributed by atoms with Crippen LogP contribution in [0.15, 0.2) is 6.33 Å². The number of aliphatic carboxylic acids is 1. The smallest absolute Gasteiger partial charge is 0.307 e. The second-order valence-electron chi connectivity index (χ2n) is 4.17. The summed E-state index contributed by atoms with van der Waals surface area (Å²) in [4.78, 5) is 15.2. The predicted molar refractivity (Wildman–Crippen MR) is 53.3 cm³/mol. The monoisotopic (exact) mass is 209 g/mol. The van der Waals surface area contributed by atoms with Gasteiger partial charge in [-0.25, -0.2) is 4.98 Å². The number of aromatic amines is 1. The number of carbonyl (C=O) groups is 1. The third-order valence-corrected chi connectivity index (χ3v) is 3.34. The lowest BCUT2D eigenvalue weighted by molar-refractivity contribution is -0.142. The van der Waals surface area contributed by atoms with Crippen molar-refractivity contribution in [2.45, 2.75) is 32.1 Å². The van der Waals surface area contributed by atoms with Gasteiger partial charge in [0.05, 0.1) is 5.92 Å². The Kier molecular flexibility index (Phi) is 2.70. The van der Waals surface area contributed by atoms with Gasteiger partial charge in [-0.15, -0.1) is 0 Å². The molecule has 2 N–H and O–H groups in total. The molecule has 5 nitrogen and oxygen atoms in total. The van der Waals surface area contributed by atoms with Crippen molar-refractivity contribution in [3.05, 3.63) is 12.2 Å². The average molecular weight is 209 g/mol. The molecular weight excluding hydrogens is 194 g/mol. The number of nitrogens with one attached hydrogen (secondary N) is 1. The Morgan fingerprint density at radius 3 is 3.00 bits per heavy atom. The molecule has 82 valence electrons. The third kappa shape index (κ3) is 1.86. The molecule has 0 aliphatic heterocycles. The average Bonchev–Trinajstić information content (AvgIpc) is 2.86. The Hall–Kier alpha value is -1.39. The Morgan fingerprint density at radius 2 is 2.47 bits per heavy atom. The zero-order valence-electron chi connectivity index (χ0n) is 8.68. The molecule has 1 aliphatic rings. The van der Waals surface area contributed by atoms with Crippen LogP contribution in [0.2, 0.25) is 0 Å². The van der Waals surface area contributed by atoms with Gasteiger partial charge in [0.25, 0.3) is 0 Å². The summed E-state index contributed by atoms with van der Waals surface area (Å²) >= 11 is 0. The molecular formula is C10H15N3O2. The van der Waals surface area contributed by atoms with Gasteiger partial charge in [0.1, 0.15) is 12.2 Å². The molecule has 0 radical (unpaired) electrons. The maximum atomic E-state index is 11.1. The van der Waals surface area contributed by atoms with Crippen molar-refractivity contribution >= 4 is 5.97 Å². The highest BCUT2D eigenvalue weighted by atomic mass is 16.4. The maximum absolute atomic E-state index is 11.1. The Morgan fingerprint density at radius 1 is 1.67 bits per heavy atom. The van der Waals surface area contributed by atoms with E-state index in [1.807, 2.05) is 0 Å². The lowest BCUT2D eigenvalue weighted by atomic mass is 9.96. The van der Waals surface area contributed by atoms with E-state index in [1.54, 1.807) is 0 Å². The van der Waals surface area contributed by atoms with Crippen LogP contribution in [0, 0.1) is 11.8 Å². The lowest BCUT2D eigenvalue weighted by Crippen LogP contribution is -2.17. The fourth-order valence-corrected chi connectivity index (χ4v) is 2.45. The largest absolute Gasteiger partial charge is 0.481 e. The summed E-state index contributed by atoms with van der Waals surface area (Å²) in [6, 6.07) is 0. The Balaban J connectivity index is 2.19. The summed E-state index contributed by atoms with van der Waals surface area (Å²) in [7, 11) is 0. The minimum absolute atomic E-state index is 0.00921. The van der Waals surface area contributed by atoms with E-state index in [0.717, 1.165) is 25.1 Å². The van der Waals surface area contributed by atoms with Crippen LogP contribution in [0.5, 0.6) is 0 Å². The molecule has 1 aliphatic carbocycles. The molecule has 1 aromatic heterocycles. The highest BCUT2D eigenvalue weighted by Gasteiger charge is 2.40. The van der Waals surface area contributed by atoms with E-state index < -0.39 is 5.97 Å². The van der Waals surface area contributed by atoms with E-state index in [2.05, 4.69) is 22.1 Å². The molecule has 3 atom stereocenters. The number of hydrogen-bond donors (Lipinski definition) is 2. The molecule has 0 bridgehead atoms. The van der Waals surface area contributed by atoms with E-state index in [4.69, 9.17) is 5.11 Å². The van der Waals surface area contributed by atoms with Crippen LogP contribution in [0.4, 0.5) is 0 Å². The van der Waals surface area contributed by atoms with E-state index in [9.17, 15) is 4.79 Å². The highest BCUT2D eigenvalue weighted by Crippen LogP contribution is 2.43. The van der Waals surface area contributed by atoms with Crippen molar-refractivity contribution in [2.75, 3.05) is 0 Å². The van der Waals surface area contributed by atoms with Crippen LogP contribution in [-0.4, -0.2) is 26.3 Å². The van der Waals surface area contributed by atoms with E-state index >= 15 is 0 Å². The topological polar surface area (TPSA) is 78.9 Å². The first-order valence-electron chi connectivity index (χ1n) is 5.30. The van der Waals surface area contributed by atoms with Gasteiger partial charge >= 0.3 is 5.97 Å². The maximum Gasteiger partial charge on any atom is 0.307 e. The molecule has 0 spiro atoms. The number of H-pyrrole nitrogens is 1. The molecule has 15 heavy (non-hydrogen) atoms. The van der Waals surface area contributed by atoms with Crippen molar-refractivity contribution in [1.29, 1.82) is 0 Å². The molecule has 0 amide bonds. The van der Waals surface area contributed by atoms with Gasteiger partial charge in [-0.1, -0.05) is 13.3 Å². The second-order valence-corrected chi connectivity index (χ2v) is 4.17. The van der Waals surface area contributed by atoms with Crippen LogP contribution < -0.4 is 0 Å². The quantitative estimate of drug-likeness (QED) is 0.788. The normalized spacial score (nSPS) is 30.6. The molecule has 1 aromatic rings. The van der Waals surface area contributed by atoms with Crippen LogP contribution in [-0.2, 0) is 4.79 Å². The summed E-state index contributed by atoms with van der Waals surface area (Å²) in [6.07, 6.45) is 4.14. The number of carboxylic acids is 1. The summed E-state index contributed by atoms with van der Waals surface area (Å²) in [5.41, 5.74) is 0. The fourth-order valence-electron chi connectivity index (χ4n) is 2.45. The first-order chi connectivity index (χ1) is 7.22. The standard InChI is InChI=1S/C10H15N3O2/c1-2-6-3-7(8(4-6)10(14)15)9-11-5-12-13-9/h5-8H,2-4H2,1H3,(H,14,15)(H,11,12,13).